The van der Waals surface area contributed by atoms with E-state index in [0.29, 0.717) is 6.54 Å². The summed E-state index contributed by atoms with van der Waals surface area (Å²) in [5, 5.41) is 15.1. The molecule has 0 radical (unpaired) electrons. The number of carbonyl (C=O) groups excluding carboxylic acids is 1. The van der Waals surface area contributed by atoms with Crippen molar-refractivity contribution in [3.63, 3.8) is 0 Å². The first-order valence-electron chi connectivity index (χ1n) is 4.57. The highest BCUT2D eigenvalue weighted by Gasteiger charge is 2.14. The van der Waals surface area contributed by atoms with E-state index in [2.05, 4.69) is 10.1 Å². The van der Waals surface area contributed by atoms with Crippen LogP contribution in [0.2, 0.25) is 0 Å². The molecule has 0 saturated heterocycles. The molecule has 7 heteroatoms. The lowest BCUT2D eigenvalue weighted by Gasteiger charge is -2.09. The van der Waals surface area contributed by atoms with Crippen molar-refractivity contribution in [2.75, 3.05) is 7.11 Å². The molecular formula is C9H12N2O4S. The Morgan fingerprint density at radius 1 is 1.75 bits per heavy atom. The summed E-state index contributed by atoms with van der Waals surface area (Å²) < 4.78 is 4.54. The summed E-state index contributed by atoms with van der Waals surface area (Å²) in [5.74, 6) is -0.357. The van der Waals surface area contributed by atoms with E-state index in [4.69, 9.17) is 0 Å². The van der Waals surface area contributed by atoms with Gasteiger partial charge in [0.25, 0.3) is 0 Å². The predicted molar refractivity (Wildman–Crippen MR) is 59.3 cm³/mol. The van der Waals surface area contributed by atoms with Gasteiger partial charge in [-0.2, -0.15) is 0 Å². The van der Waals surface area contributed by atoms with Gasteiger partial charge in [0.2, 0.25) is 0 Å². The third kappa shape index (κ3) is 3.28. The average Bonchev–Trinajstić information content (AvgIpc) is 2.73. The summed E-state index contributed by atoms with van der Waals surface area (Å²) in [5.41, 5.74) is 0.785. The van der Waals surface area contributed by atoms with Gasteiger partial charge in [0.15, 0.2) is 0 Å². The first-order valence-corrected chi connectivity index (χ1v) is 5.45. The van der Waals surface area contributed by atoms with E-state index in [1.165, 1.54) is 13.2 Å². The number of hydrogen-bond acceptors (Lipinski definition) is 6. The molecule has 0 aliphatic heterocycles. The molecule has 0 spiro atoms. The molecular weight excluding hydrogens is 232 g/mol. The van der Waals surface area contributed by atoms with Gasteiger partial charge in [-0.3, -0.25) is 14.9 Å². The summed E-state index contributed by atoms with van der Waals surface area (Å²) in [7, 11) is 1.32. The van der Waals surface area contributed by atoms with Crippen LogP contribution in [0, 0.1) is 10.1 Å². The molecule has 16 heavy (non-hydrogen) atoms. The second kappa shape index (κ2) is 5.57. The topological polar surface area (TPSA) is 81.5 Å². The van der Waals surface area contributed by atoms with Gasteiger partial charge in [0, 0.05) is 18.0 Å². The van der Waals surface area contributed by atoms with E-state index in [0.717, 1.165) is 16.9 Å². The van der Waals surface area contributed by atoms with Crippen LogP contribution in [0.4, 0.5) is 5.00 Å². The van der Waals surface area contributed by atoms with Crippen LogP contribution in [0.5, 0.6) is 0 Å². The van der Waals surface area contributed by atoms with Crippen LogP contribution in [-0.4, -0.2) is 24.0 Å². The Bertz CT molecular complexity index is 391. The predicted octanol–water partition coefficient (Wildman–Crippen LogP) is 1.31. The Morgan fingerprint density at radius 3 is 2.94 bits per heavy atom. The lowest BCUT2D eigenvalue weighted by atomic mass is 10.3. The fourth-order valence-electron chi connectivity index (χ4n) is 1.08. The molecule has 1 atom stereocenters. The fourth-order valence-corrected chi connectivity index (χ4v) is 1.81. The van der Waals surface area contributed by atoms with Crippen molar-refractivity contribution in [3.8, 4) is 0 Å². The Kier molecular flexibility index (Phi) is 4.39. The van der Waals surface area contributed by atoms with Gasteiger partial charge in [-0.15, -0.1) is 0 Å². The zero-order valence-corrected chi connectivity index (χ0v) is 9.74. The van der Waals surface area contributed by atoms with Crippen LogP contribution in [-0.2, 0) is 16.1 Å². The van der Waals surface area contributed by atoms with Gasteiger partial charge >= 0.3 is 11.0 Å². The van der Waals surface area contributed by atoms with E-state index >= 15 is 0 Å². The molecule has 0 bridgehead atoms. The van der Waals surface area contributed by atoms with Crippen molar-refractivity contribution >= 4 is 22.3 Å². The van der Waals surface area contributed by atoms with Crippen molar-refractivity contribution in [3.05, 3.63) is 27.1 Å². The molecule has 0 aromatic carbocycles. The number of carbonyl (C=O) groups is 1. The summed E-state index contributed by atoms with van der Waals surface area (Å²) in [4.78, 5) is 21.1. The zero-order chi connectivity index (χ0) is 12.1. The number of nitrogens with zero attached hydrogens (tertiary/aromatic N) is 1. The van der Waals surface area contributed by atoms with Gasteiger partial charge in [-0.1, -0.05) is 11.3 Å². The minimum Gasteiger partial charge on any atom is -0.468 e. The van der Waals surface area contributed by atoms with Gasteiger partial charge < -0.3 is 10.1 Å². The van der Waals surface area contributed by atoms with Crippen LogP contribution in [0.15, 0.2) is 11.4 Å². The maximum atomic E-state index is 11.1. The molecule has 0 aliphatic carbocycles. The summed E-state index contributed by atoms with van der Waals surface area (Å²) in [6.07, 6.45) is 0. The minimum absolute atomic E-state index is 0.0996. The van der Waals surface area contributed by atoms with Crippen molar-refractivity contribution in [1.82, 2.24) is 5.32 Å². The number of nitro groups is 1. The standard InChI is InChI=1S/C9H12N2O4S/c1-6(9(12)15-2)10-4-7-3-8(11(13)14)16-5-7/h3,5-6,10H,4H2,1-2H3/t6-/m0/s1. The molecule has 88 valence electrons. The Morgan fingerprint density at radius 2 is 2.44 bits per heavy atom. The number of thiophene rings is 1. The quantitative estimate of drug-likeness (QED) is 0.479. The highest BCUT2D eigenvalue weighted by atomic mass is 32.1. The van der Waals surface area contributed by atoms with Crippen molar-refractivity contribution in [2.24, 2.45) is 0 Å². The Balaban J connectivity index is 2.48. The van der Waals surface area contributed by atoms with Gasteiger partial charge in [0.1, 0.15) is 6.04 Å². The normalized spacial score (nSPS) is 12.1. The maximum absolute atomic E-state index is 11.1. The zero-order valence-electron chi connectivity index (χ0n) is 8.93. The summed E-state index contributed by atoms with van der Waals surface area (Å²) in [6.45, 7) is 2.08. The first-order chi connectivity index (χ1) is 7.54. The third-order valence-electron chi connectivity index (χ3n) is 1.99. The molecule has 0 aliphatic rings. The molecule has 1 aromatic heterocycles. The van der Waals surface area contributed by atoms with Crippen molar-refractivity contribution < 1.29 is 14.5 Å². The van der Waals surface area contributed by atoms with E-state index in [-0.39, 0.29) is 11.0 Å². The Labute approximate surface area is 96.4 Å². The molecule has 1 aromatic rings. The Hall–Kier alpha value is -1.47. The molecule has 1 N–H and O–H groups in total. The smallest absolute Gasteiger partial charge is 0.324 e. The van der Waals surface area contributed by atoms with E-state index in [9.17, 15) is 14.9 Å². The number of esters is 1. The van der Waals surface area contributed by atoms with E-state index < -0.39 is 11.0 Å². The number of hydrogen-bond donors (Lipinski definition) is 1. The number of methoxy groups -OCH3 is 1. The summed E-state index contributed by atoms with van der Waals surface area (Å²) in [6, 6.07) is 1.06. The van der Waals surface area contributed by atoms with Crippen molar-refractivity contribution in [1.29, 1.82) is 0 Å². The van der Waals surface area contributed by atoms with Crippen LogP contribution in [0.3, 0.4) is 0 Å². The highest BCUT2D eigenvalue weighted by molar-refractivity contribution is 7.13. The minimum atomic E-state index is -0.433. The van der Waals surface area contributed by atoms with Crippen LogP contribution in [0.1, 0.15) is 12.5 Å². The average molecular weight is 244 g/mol. The third-order valence-corrected chi connectivity index (χ3v) is 2.92. The SMILES string of the molecule is COC(=O)[C@H](C)NCc1csc([N+](=O)[O-])c1. The van der Waals surface area contributed by atoms with Gasteiger partial charge in [-0.25, -0.2) is 0 Å². The van der Waals surface area contributed by atoms with Crippen LogP contribution < -0.4 is 5.32 Å². The number of nitrogens with one attached hydrogen (secondary N) is 1. The molecule has 0 amide bonds. The van der Waals surface area contributed by atoms with Gasteiger partial charge in [-0.05, 0) is 12.5 Å². The lowest BCUT2D eigenvalue weighted by Crippen LogP contribution is -2.34. The van der Waals surface area contributed by atoms with Crippen LogP contribution >= 0.6 is 11.3 Å². The van der Waals surface area contributed by atoms with Crippen LogP contribution in [0.25, 0.3) is 0 Å². The number of rotatable bonds is 5. The number of ether oxygens (including phenoxy) is 1. The largest absolute Gasteiger partial charge is 0.468 e. The molecule has 1 heterocycles. The summed E-state index contributed by atoms with van der Waals surface area (Å²) >= 11 is 1.07. The van der Waals surface area contributed by atoms with Crippen molar-refractivity contribution in [2.45, 2.75) is 19.5 Å². The molecule has 0 fully saturated rings. The molecule has 0 unspecified atom stereocenters. The maximum Gasteiger partial charge on any atom is 0.324 e. The second-order valence-electron chi connectivity index (χ2n) is 3.18. The second-order valence-corrected chi connectivity index (χ2v) is 4.07. The highest BCUT2D eigenvalue weighted by Crippen LogP contribution is 2.22. The fraction of sp³-hybridized carbons (Fsp3) is 0.444. The van der Waals surface area contributed by atoms with Gasteiger partial charge in [0.05, 0.1) is 12.0 Å². The molecule has 1 rings (SSSR count). The van der Waals surface area contributed by atoms with E-state index in [1.54, 1.807) is 12.3 Å². The lowest BCUT2D eigenvalue weighted by molar-refractivity contribution is -0.380. The first kappa shape index (κ1) is 12.6. The molecule has 0 saturated carbocycles. The molecule has 6 nitrogen and oxygen atoms in total. The monoisotopic (exact) mass is 244 g/mol. The van der Waals surface area contributed by atoms with E-state index in [1.807, 2.05) is 0 Å².